The van der Waals surface area contributed by atoms with Crippen molar-refractivity contribution in [3.8, 4) is 0 Å². The zero-order valence-electron chi connectivity index (χ0n) is 15.5. The van der Waals surface area contributed by atoms with Gasteiger partial charge in [0.05, 0.1) is 0 Å². The summed E-state index contributed by atoms with van der Waals surface area (Å²) in [6.45, 7) is 1.43. The highest BCUT2D eigenvalue weighted by Gasteiger charge is 2.17. The molecule has 2 aromatic carbocycles. The van der Waals surface area contributed by atoms with Crippen LogP contribution in [-0.2, 0) is 16.0 Å². The molecule has 6 nitrogen and oxygen atoms in total. The van der Waals surface area contributed by atoms with E-state index in [0.717, 1.165) is 12.8 Å². The van der Waals surface area contributed by atoms with Gasteiger partial charge in [-0.25, -0.2) is 9.59 Å². The molecule has 3 rings (SSSR count). The van der Waals surface area contributed by atoms with E-state index >= 15 is 0 Å². The fourth-order valence-electron chi connectivity index (χ4n) is 2.83. The van der Waals surface area contributed by atoms with E-state index in [9.17, 15) is 14.4 Å². The first-order valence-electron chi connectivity index (χ1n) is 9.06. The first-order valence-corrected chi connectivity index (χ1v) is 9.06. The van der Waals surface area contributed by atoms with Crippen LogP contribution in [0.3, 0.4) is 0 Å². The lowest BCUT2D eigenvalue weighted by molar-refractivity contribution is -0.124. The smallest absolute Gasteiger partial charge is 0.351 e. The van der Waals surface area contributed by atoms with E-state index in [1.165, 1.54) is 11.6 Å². The van der Waals surface area contributed by atoms with Crippen molar-refractivity contribution < 1.29 is 18.7 Å². The number of amides is 1. The number of esters is 1. The van der Waals surface area contributed by atoms with E-state index in [-0.39, 0.29) is 11.6 Å². The summed E-state index contributed by atoms with van der Waals surface area (Å²) >= 11 is 0. The van der Waals surface area contributed by atoms with E-state index in [2.05, 4.69) is 5.32 Å². The maximum absolute atomic E-state index is 12.1. The summed E-state index contributed by atoms with van der Waals surface area (Å²) < 4.78 is 10.1. The number of benzene rings is 2. The zero-order valence-corrected chi connectivity index (χ0v) is 15.5. The number of ether oxygens (including phenoxy) is 1. The highest BCUT2D eigenvalue weighted by Crippen LogP contribution is 2.13. The number of fused-ring (bicyclic) bond motifs is 1. The van der Waals surface area contributed by atoms with Crippen molar-refractivity contribution in [2.45, 2.75) is 25.8 Å². The number of hydrogen-bond donors (Lipinski definition) is 1. The molecule has 0 radical (unpaired) electrons. The van der Waals surface area contributed by atoms with Crippen molar-refractivity contribution in [1.82, 2.24) is 5.32 Å². The standard InChI is InChI=1S/C22H21NO5/c1-15(11-12-16-7-3-2-4-8-16)23-20(24)14-27-21(25)18-13-17-9-5-6-10-19(17)28-22(18)26/h2-10,13,15H,11-12,14H2,1H3,(H,23,24)/t15-/m0/s1. The zero-order chi connectivity index (χ0) is 19.9. The van der Waals surface area contributed by atoms with Crippen LogP contribution in [0.2, 0.25) is 0 Å². The van der Waals surface area contributed by atoms with Gasteiger partial charge in [-0.15, -0.1) is 0 Å². The molecule has 1 heterocycles. The molecule has 0 saturated heterocycles. The monoisotopic (exact) mass is 379 g/mol. The molecule has 0 aliphatic carbocycles. The maximum Gasteiger partial charge on any atom is 0.351 e. The van der Waals surface area contributed by atoms with Crippen molar-refractivity contribution in [2.75, 3.05) is 6.61 Å². The van der Waals surface area contributed by atoms with Gasteiger partial charge in [-0.05, 0) is 37.5 Å². The van der Waals surface area contributed by atoms with Crippen molar-refractivity contribution in [1.29, 1.82) is 0 Å². The highest BCUT2D eigenvalue weighted by atomic mass is 16.5. The van der Waals surface area contributed by atoms with E-state index in [1.54, 1.807) is 24.3 Å². The van der Waals surface area contributed by atoms with Crippen LogP contribution in [0.4, 0.5) is 0 Å². The molecule has 0 aliphatic heterocycles. The Labute approximate surface area is 162 Å². The average Bonchev–Trinajstić information content (AvgIpc) is 2.70. The number of nitrogens with one attached hydrogen (secondary N) is 1. The molecule has 1 aromatic heterocycles. The molecule has 1 amide bonds. The Bertz CT molecular complexity index is 1030. The van der Waals surface area contributed by atoms with Gasteiger partial charge in [0.2, 0.25) is 0 Å². The van der Waals surface area contributed by atoms with Gasteiger partial charge in [0.1, 0.15) is 11.1 Å². The van der Waals surface area contributed by atoms with Gasteiger partial charge in [0.15, 0.2) is 6.61 Å². The predicted molar refractivity (Wildman–Crippen MR) is 105 cm³/mol. The minimum Gasteiger partial charge on any atom is -0.452 e. The first-order chi connectivity index (χ1) is 13.5. The number of rotatable bonds is 7. The summed E-state index contributed by atoms with van der Waals surface area (Å²) in [5.74, 6) is -1.30. The molecule has 3 aromatic rings. The van der Waals surface area contributed by atoms with E-state index < -0.39 is 24.1 Å². The minimum absolute atomic E-state index is 0.0721. The Hall–Kier alpha value is -3.41. The topological polar surface area (TPSA) is 85.6 Å². The Morgan fingerprint density at radius 2 is 1.79 bits per heavy atom. The van der Waals surface area contributed by atoms with Crippen molar-refractivity contribution in [3.05, 3.63) is 82.2 Å². The van der Waals surface area contributed by atoms with Gasteiger partial charge >= 0.3 is 11.6 Å². The number of aryl methyl sites for hydroxylation is 1. The normalized spacial score (nSPS) is 11.8. The van der Waals surface area contributed by atoms with Gasteiger partial charge < -0.3 is 14.5 Å². The molecule has 144 valence electrons. The summed E-state index contributed by atoms with van der Waals surface area (Å²) in [6.07, 6.45) is 1.60. The third-order valence-electron chi connectivity index (χ3n) is 4.31. The van der Waals surface area contributed by atoms with Crippen LogP contribution in [0.15, 0.2) is 69.9 Å². The van der Waals surface area contributed by atoms with Gasteiger partial charge in [-0.3, -0.25) is 4.79 Å². The third-order valence-corrected chi connectivity index (χ3v) is 4.31. The fraction of sp³-hybridized carbons (Fsp3) is 0.227. The molecular formula is C22H21NO5. The predicted octanol–water partition coefficient (Wildman–Crippen LogP) is 3.09. The second-order valence-corrected chi connectivity index (χ2v) is 6.55. The van der Waals surface area contributed by atoms with Crippen LogP contribution in [0.25, 0.3) is 11.0 Å². The summed E-state index contributed by atoms with van der Waals surface area (Å²) in [5, 5.41) is 3.39. The molecule has 0 bridgehead atoms. The maximum atomic E-state index is 12.1. The Kier molecular flexibility index (Phi) is 6.22. The Morgan fingerprint density at radius 3 is 2.57 bits per heavy atom. The van der Waals surface area contributed by atoms with Gasteiger partial charge in [0.25, 0.3) is 5.91 Å². The van der Waals surface area contributed by atoms with E-state index in [0.29, 0.717) is 11.0 Å². The number of hydrogen-bond acceptors (Lipinski definition) is 5. The minimum atomic E-state index is -0.883. The quantitative estimate of drug-likeness (QED) is 0.504. The molecule has 0 aliphatic rings. The molecule has 0 spiro atoms. The molecule has 0 fully saturated rings. The second kappa shape index (κ2) is 8.99. The molecular weight excluding hydrogens is 358 g/mol. The van der Waals surface area contributed by atoms with Crippen molar-refractivity contribution >= 4 is 22.8 Å². The highest BCUT2D eigenvalue weighted by molar-refractivity contribution is 5.94. The van der Waals surface area contributed by atoms with Crippen LogP contribution < -0.4 is 10.9 Å². The van der Waals surface area contributed by atoms with Gasteiger partial charge in [0, 0.05) is 11.4 Å². The number of carbonyl (C=O) groups excluding carboxylic acids is 2. The summed E-state index contributed by atoms with van der Waals surface area (Å²) in [7, 11) is 0. The van der Waals surface area contributed by atoms with Crippen LogP contribution >= 0.6 is 0 Å². The van der Waals surface area contributed by atoms with E-state index in [4.69, 9.17) is 9.15 Å². The third kappa shape index (κ3) is 5.07. The van der Waals surface area contributed by atoms with Gasteiger partial charge in [-0.1, -0.05) is 48.5 Å². The molecule has 6 heteroatoms. The van der Waals surface area contributed by atoms with Crippen LogP contribution in [0.1, 0.15) is 29.3 Å². The SMILES string of the molecule is C[C@@H](CCc1ccccc1)NC(=O)COC(=O)c1cc2ccccc2oc1=O. The summed E-state index contributed by atoms with van der Waals surface area (Å²) in [5.41, 5.74) is 0.552. The van der Waals surface area contributed by atoms with Crippen LogP contribution in [0.5, 0.6) is 0 Å². The fourth-order valence-corrected chi connectivity index (χ4v) is 2.83. The first kappa shape index (κ1) is 19.4. The largest absolute Gasteiger partial charge is 0.452 e. The lowest BCUT2D eigenvalue weighted by atomic mass is 10.1. The van der Waals surface area contributed by atoms with Crippen molar-refractivity contribution in [3.63, 3.8) is 0 Å². The summed E-state index contributed by atoms with van der Waals surface area (Å²) in [4.78, 5) is 36.1. The molecule has 0 saturated carbocycles. The van der Waals surface area contributed by atoms with Crippen molar-refractivity contribution in [2.24, 2.45) is 0 Å². The lowest BCUT2D eigenvalue weighted by Gasteiger charge is -2.14. The molecule has 0 unspecified atom stereocenters. The molecule has 28 heavy (non-hydrogen) atoms. The molecule has 1 N–H and O–H groups in total. The number of para-hydroxylation sites is 1. The Balaban J connectivity index is 1.50. The Morgan fingerprint density at radius 1 is 1.07 bits per heavy atom. The summed E-state index contributed by atoms with van der Waals surface area (Å²) in [6, 6.07) is 18.2. The molecule has 1 atom stereocenters. The lowest BCUT2D eigenvalue weighted by Crippen LogP contribution is -2.36. The average molecular weight is 379 g/mol. The van der Waals surface area contributed by atoms with Crippen LogP contribution in [0, 0.1) is 0 Å². The second-order valence-electron chi connectivity index (χ2n) is 6.55. The van der Waals surface area contributed by atoms with Gasteiger partial charge in [-0.2, -0.15) is 0 Å². The van der Waals surface area contributed by atoms with E-state index in [1.807, 2.05) is 37.3 Å². The van der Waals surface area contributed by atoms with Crippen LogP contribution in [-0.4, -0.2) is 24.5 Å². The number of carbonyl (C=O) groups is 2.